The molecule has 18 heavy (non-hydrogen) atoms. The van der Waals surface area contributed by atoms with Crippen LogP contribution < -0.4 is 0 Å². The van der Waals surface area contributed by atoms with Crippen molar-refractivity contribution in [3.05, 3.63) is 32.0 Å². The Morgan fingerprint density at radius 2 is 2.11 bits per heavy atom. The molecule has 0 saturated heterocycles. The Kier molecular flexibility index (Phi) is 2.81. The van der Waals surface area contributed by atoms with Crippen molar-refractivity contribution in [2.24, 2.45) is 0 Å². The van der Waals surface area contributed by atoms with Gasteiger partial charge in [0.2, 0.25) is 5.75 Å². The molecule has 0 fully saturated rings. The first-order chi connectivity index (χ1) is 8.34. The standard InChI is InChI=1S/C10H6BrFN2O4/c1-3-2-4-7(6(12)5(3)11)13-10(16)8(9(4)15)14(17)18/h2H,1H3,(H2,13,15,16). The van der Waals surface area contributed by atoms with Gasteiger partial charge in [0.05, 0.1) is 14.8 Å². The molecule has 0 aliphatic carbocycles. The summed E-state index contributed by atoms with van der Waals surface area (Å²) in [5.41, 5.74) is -0.839. The quantitative estimate of drug-likeness (QED) is 0.623. The molecular weight excluding hydrogens is 311 g/mol. The third-order valence-electron chi connectivity index (χ3n) is 2.45. The number of rotatable bonds is 1. The van der Waals surface area contributed by atoms with Crippen LogP contribution in [0.25, 0.3) is 10.9 Å². The molecule has 0 spiro atoms. The number of halogens is 2. The SMILES string of the molecule is Cc1cc2c(O)c([N+](=O)[O-])c(O)nc2c(F)c1Br. The normalized spacial score (nSPS) is 10.8. The Labute approximate surface area is 108 Å². The van der Waals surface area contributed by atoms with Crippen LogP contribution in [0.15, 0.2) is 10.5 Å². The Morgan fingerprint density at radius 1 is 1.50 bits per heavy atom. The molecule has 0 amide bonds. The van der Waals surface area contributed by atoms with E-state index in [-0.39, 0.29) is 15.4 Å². The van der Waals surface area contributed by atoms with E-state index in [4.69, 9.17) is 0 Å². The zero-order chi connectivity index (χ0) is 13.6. The first-order valence-corrected chi connectivity index (χ1v) is 5.48. The third kappa shape index (κ3) is 1.65. The molecule has 0 aliphatic heterocycles. The van der Waals surface area contributed by atoms with Crippen molar-refractivity contribution in [2.45, 2.75) is 6.92 Å². The number of aromatic hydroxyl groups is 2. The monoisotopic (exact) mass is 316 g/mol. The van der Waals surface area contributed by atoms with Crippen LogP contribution in [0.4, 0.5) is 10.1 Å². The van der Waals surface area contributed by atoms with Crippen LogP contribution in [0.3, 0.4) is 0 Å². The van der Waals surface area contributed by atoms with Gasteiger partial charge in [0.1, 0.15) is 5.52 Å². The maximum absolute atomic E-state index is 13.9. The maximum atomic E-state index is 13.9. The molecular formula is C10H6BrFN2O4. The number of nitrogens with zero attached hydrogens (tertiary/aromatic N) is 2. The molecule has 1 aromatic heterocycles. The largest absolute Gasteiger partial charge is 0.501 e. The molecule has 2 rings (SSSR count). The molecule has 2 N–H and O–H groups in total. The van der Waals surface area contributed by atoms with Crippen molar-refractivity contribution >= 4 is 32.5 Å². The lowest BCUT2D eigenvalue weighted by Gasteiger charge is -2.07. The van der Waals surface area contributed by atoms with Gasteiger partial charge in [0.15, 0.2) is 5.82 Å². The summed E-state index contributed by atoms with van der Waals surface area (Å²) in [7, 11) is 0. The summed E-state index contributed by atoms with van der Waals surface area (Å²) >= 11 is 2.98. The molecule has 0 aliphatic rings. The Bertz CT molecular complexity index is 690. The second-order valence-electron chi connectivity index (χ2n) is 3.61. The van der Waals surface area contributed by atoms with E-state index in [0.29, 0.717) is 5.56 Å². The number of pyridine rings is 1. The van der Waals surface area contributed by atoms with E-state index in [1.54, 1.807) is 6.92 Å². The minimum Gasteiger partial charge on any atom is -0.501 e. The summed E-state index contributed by atoms with van der Waals surface area (Å²) in [4.78, 5) is 13.1. The fourth-order valence-corrected chi connectivity index (χ4v) is 1.90. The van der Waals surface area contributed by atoms with Crippen molar-refractivity contribution in [3.8, 4) is 11.6 Å². The second-order valence-corrected chi connectivity index (χ2v) is 4.40. The van der Waals surface area contributed by atoms with Gasteiger partial charge < -0.3 is 10.2 Å². The number of aromatic nitrogens is 1. The van der Waals surface area contributed by atoms with Gasteiger partial charge in [0.25, 0.3) is 5.88 Å². The molecule has 2 aromatic rings. The molecule has 1 heterocycles. The predicted molar refractivity (Wildman–Crippen MR) is 64.1 cm³/mol. The zero-order valence-electron chi connectivity index (χ0n) is 8.94. The minimum atomic E-state index is -1.03. The van der Waals surface area contributed by atoms with Crippen molar-refractivity contribution < 1.29 is 19.5 Å². The highest BCUT2D eigenvalue weighted by atomic mass is 79.9. The average molecular weight is 317 g/mol. The van der Waals surface area contributed by atoms with Crippen molar-refractivity contribution in [1.82, 2.24) is 4.98 Å². The first-order valence-electron chi connectivity index (χ1n) is 4.69. The Hall–Kier alpha value is -1.96. The molecule has 94 valence electrons. The van der Waals surface area contributed by atoms with Crippen molar-refractivity contribution in [2.75, 3.05) is 0 Å². The summed E-state index contributed by atoms with van der Waals surface area (Å²) < 4.78 is 14.0. The summed E-state index contributed by atoms with van der Waals surface area (Å²) in [6, 6.07) is 1.34. The van der Waals surface area contributed by atoms with Crippen LogP contribution >= 0.6 is 15.9 Å². The number of nitro groups is 1. The van der Waals surface area contributed by atoms with Gasteiger partial charge in [0, 0.05) is 0 Å². The summed E-state index contributed by atoms with van der Waals surface area (Å²) in [6.45, 7) is 1.56. The first kappa shape index (κ1) is 12.5. The van der Waals surface area contributed by atoms with Gasteiger partial charge in [-0.25, -0.2) is 9.37 Å². The van der Waals surface area contributed by atoms with E-state index < -0.39 is 28.1 Å². The number of aryl methyl sites for hydroxylation is 1. The fourth-order valence-electron chi connectivity index (χ4n) is 1.59. The Balaban J connectivity index is 3.01. The topological polar surface area (TPSA) is 96.5 Å². The van der Waals surface area contributed by atoms with Gasteiger partial charge in [-0.3, -0.25) is 10.1 Å². The van der Waals surface area contributed by atoms with Gasteiger partial charge in [-0.15, -0.1) is 0 Å². The van der Waals surface area contributed by atoms with E-state index in [0.717, 1.165) is 0 Å². The average Bonchev–Trinajstić information content (AvgIpc) is 2.28. The van der Waals surface area contributed by atoms with Gasteiger partial charge in [-0.2, -0.15) is 0 Å². The number of benzene rings is 1. The highest BCUT2D eigenvalue weighted by Gasteiger charge is 2.26. The molecule has 0 bridgehead atoms. The summed E-state index contributed by atoms with van der Waals surface area (Å²) in [5, 5.41) is 29.6. The molecule has 6 nitrogen and oxygen atoms in total. The van der Waals surface area contributed by atoms with Crippen LogP contribution in [0.5, 0.6) is 11.6 Å². The molecule has 0 radical (unpaired) electrons. The number of fused-ring (bicyclic) bond motifs is 1. The number of hydrogen-bond donors (Lipinski definition) is 2. The summed E-state index contributed by atoms with van der Waals surface area (Å²) in [6.07, 6.45) is 0. The third-order valence-corrected chi connectivity index (χ3v) is 3.43. The second kappa shape index (κ2) is 4.05. The Morgan fingerprint density at radius 3 is 2.67 bits per heavy atom. The van der Waals surface area contributed by atoms with Crippen LogP contribution in [0, 0.1) is 22.9 Å². The van der Waals surface area contributed by atoms with E-state index >= 15 is 0 Å². The van der Waals surface area contributed by atoms with E-state index in [2.05, 4.69) is 20.9 Å². The minimum absolute atomic E-state index is 0.121. The van der Waals surface area contributed by atoms with E-state index in [9.17, 15) is 24.7 Å². The van der Waals surface area contributed by atoms with Crippen LogP contribution in [-0.2, 0) is 0 Å². The highest BCUT2D eigenvalue weighted by molar-refractivity contribution is 9.10. The number of hydrogen-bond acceptors (Lipinski definition) is 5. The molecule has 8 heteroatoms. The van der Waals surface area contributed by atoms with Gasteiger partial charge >= 0.3 is 5.69 Å². The van der Waals surface area contributed by atoms with Gasteiger partial charge in [-0.1, -0.05) is 0 Å². The van der Waals surface area contributed by atoms with Crippen molar-refractivity contribution in [1.29, 1.82) is 0 Å². The smallest absolute Gasteiger partial charge is 0.372 e. The molecule has 0 unspecified atom stereocenters. The highest BCUT2D eigenvalue weighted by Crippen LogP contribution is 2.41. The van der Waals surface area contributed by atoms with E-state index in [1.807, 2.05) is 0 Å². The maximum Gasteiger partial charge on any atom is 0.372 e. The lowest BCUT2D eigenvalue weighted by molar-refractivity contribution is -0.387. The molecule has 1 aromatic carbocycles. The lowest BCUT2D eigenvalue weighted by Crippen LogP contribution is -1.96. The van der Waals surface area contributed by atoms with Crippen molar-refractivity contribution in [3.63, 3.8) is 0 Å². The predicted octanol–water partition coefficient (Wildman–Crippen LogP) is 2.76. The van der Waals surface area contributed by atoms with Crippen LogP contribution in [0.1, 0.15) is 5.56 Å². The van der Waals surface area contributed by atoms with Gasteiger partial charge in [-0.05, 0) is 34.5 Å². The zero-order valence-corrected chi connectivity index (χ0v) is 10.5. The fraction of sp³-hybridized carbons (Fsp3) is 0.100. The van der Waals surface area contributed by atoms with Crippen LogP contribution in [0.2, 0.25) is 0 Å². The van der Waals surface area contributed by atoms with Crippen LogP contribution in [-0.4, -0.2) is 20.1 Å². The van der Waals surface area contributed by atoms with E-state index in [1.165, 1.54) is 6.07 Å². The molecule has 0 saturated carbocycles. The molecule has 0 atom stereocenters. The lowest BCUT2D eigenvalue weighted by atomic mass is 10.1. The summed E-state index contributed by atoms with van der Waals surface area (Å²) in [5.74, 6) is -2.64.